The summed E-state index contributed by atoms with van der Waals surface area (Å²) < 4.78 is 5.01. The number of nitrogens with zero attached hydrogens (tertiary/aromatic N) is 1. The molecule has 2 aliphatic rings. The van der Waals surface area contributed by atoms with E-state index in [-0.39, 0.29) is 0 Å². The lowest BCUT2D eigenvalue weighted by atomic mass is 9.78. The number of hydrogen-bond acceptors (Lipinski definition) is 3. The monoisotopic (exact) mass is 242 g/mol. The lowest BCUT2D eigenvalue weighted by molar-refractivity contribution is 0.207. The first kappa shape index (κ1) is 12.2. The third-order valence-electron chi connectivity index (χ3n) is 3.50. The summed E-state index contributed by atoms with van der Waals surface area (Å²) in [6.07, 6.45) is 5.38. The number of methoxy groups -OCH3 is 1. The maximum absolute atomic E-state index is 5.01. The second-order valence-electron chi connectivity index (χ2n) is 5.08. The molecule has 2 unspecified atom stereocenters. The molecule has 1 aliphatic heterocycles. The molecule has 0 aromatic heterocycles. The first-order valence-corrected chi connectivity index (χ1v) is 7.17. The molecule has 2 atom stereocenters. The van der Waals surface area contributed by atoms with Crippen molar-refractivity contribution in [3.8, 4) is 0 Å². The van der Waals surface area contributed by atoms with Gasteiger partial charge in [0.15, 0.2) is 5.17 Å². The summed E-state index contributed by atoms with van der Waals surface area (Å²) in [5.41, 5.74) is 0.355. The van der Waals surface area contributed by atoms with Crippen LogP contribution in [0.5, 0.6) is 0 Å². The second kappa shape index (κ2) is 5.41. The van der Waals surface area contributed by atoms with E-state index in [9.17, 15) is 0 Å². The van der Waals surface area contributed by atoms with Crippen LogP contribution in [-0.2, 0) is 4.74 Å². The van der Waals surface area contributed by atoms with E-state index in [0.717, 1.165) is 24.2 Å². The fourth-order valence-electron chi connectivity index (χ4n) is 2.73. The van der Waals surface area contributed by atoms with E-state index in [0.29, 0.717) is 5.54 Å². The van der Waals surface area contributed by atoms with Crippen molar-refractivity contribution in [2.24, 2.45) is 10.9 Å². The Bertz CT molecular complexity index is 270. The summed E-state index contributed by atoms with van der Waals surface area (Å²) in [4.78, 5) is 4.53. The molecule has 0 bridgehead atoms. The van der Waals surface area contributed by atoms with Crippen molar-refractivity contribution in [2.75, 3.05) is 26.0 Å². The molecule has 1 saturated carbocycles. The van der Waals surface area contributed by atoms with Crippen LogP contribution in [0.15, 0.2) is 4.99 Å². The van der Waals surface area contributed by atoms with E-state index in [2.05, 4.69) is 17.2 Å². The molecule has 92 valence electrons. The molecule has 3 nitrogen and oxygen atoms in total. The van der Waals surface area contributed by atoms with Gasteiger partial charge in [-0.1, -0.05) is 31.5 Å². The van der Waals surface area contributed by atoms with Gasteiger partial charge in [-0.25, -0.2) is 0 Å². The Morgan fingerprint density at radius 1 is 1.62 bits per heavy atom. The van der Waals surface area contributed by atoms with Crippen molar-refractivity contribution in [3.63, 3.8) is 0 Å². The van der Waals surface area contributed by atoms with Crippen LogP contribution in [0.3, 0.4) is 0 Å². The summed E-state index contributed by atoms with van der Waals surface area (Å²) in [5, 5.41) is 4.78. The zero-order valence-electron chi connectivity index (χ0n) is 10.3. The van der Waals surface area contributed by atoms with E-state index in [4.69, 9.17) is 4.74 Å². The maximum Gasteiger partial charge on any atom is 0.157 e. The van der Waals surface area contributed by atoms with Crippen LogP contribution >= 0.6 is 11.8 Å². The van der Waals surface area contributed by atoms with Gasteiger partial charge in [0.2, 0.25) is 0 Å². The van der Waals surface area contributed by atoms with Crippen LogP contribution in [-0.4, -0.2) is 36.7 Å². The molecule has 1 heterocycles. The Kier molecular flexibility index (Phi) is 4.14. The Morgan fingerprint density at radius 2 is 2.50 bits per heavy atom. The van der Waals surface area contributed by atoms with Crippen molar-refractivity contribution in [2.45, 2.75) is 38.1 Å². The smallest absolute Gasteiger partial charge is 0.157 e. The first-order valence-electron chi connectivity index (χ1n) is 6.18. The highest BCUT2D eigenvalue weighted by atomic mass is 32.2. The van der Waals surface area contributed by atoms with E-state index in [1.165, 1.54) is 31.4 Å². The summed E-state index contributed by atoms with van der Waals surface area (Å²) in [5.74, 6) is 2.06. The predicted octanol–water partition coefficient (Wildman–Crippen LogP) is 2.27. The molecule has 0 aromatic carbocycles. The third-order valence-corrected chi connectivity index (χ3v) is 4.70. The van der Waals surface area contributed by atoms with Gasteiger partial charge >= 0.3 is 0 Å². The van der Waals surface area contributed by atoms with Crippen molar-refractivity contribution in [3.05, 3.63) is 0 Å². The highest BCUT2D eigenvalue weighted by Gasteiger charge is 2.40. The van der Waals surface area contributed by atoms with Crippen molar-refractivity contribution >= 4 is 16.9 Å². The minimum Gasteiger partial charge on any atom is -0.383 e. The van der Waals surface area contributed by atoms with Gasteiger partial charge in [0.05, 0.1) is 13.2 Å². The molecule has 2 fully saturated rings. The predicted molar refractivity (Wildman–Crippen MR) is 70.1 cm³/mol. The molecule has 0 radical (unpaired) electrons. The minimum atomic E-state index is 0.355. The molecule has 0 amide bonds. The molecule has 1 N–H and O–H groups in total. The fraction of sp³-hybridized carbons (Fsp3) is 0.917. The number of ether oxygens (including phenoxy) is 1. The second-order valence-corrected chi connectivity index (χ2v) is 6.04. The molecule has 16 heavy (non-hydrogen) atoms. The minimum absolute atomic E-state index is 0.355. The summed E-state index contributed by atoms with van der Waals surface area (Å²) >= 11 is 1.88. The summed E-state index contributed by atoms with van der Waals surface area (Å²) in [6.45, 7) is 3.86. The maximum atomic E-state index is 5.01. The Balaban J connectivity index is 1.88. The molecule has 0 aromatic rings. The van der Waals surface area contributed by atoms with E-state index in [1.54, 1.807) is 7.11 Å². The average Bonchev–Trinajstić information content (AvgIpc) is 2.62. The number of thioether (sulfide) groups is 1. The van der Waals surface area contributed by atoms with Gasteiger partial charge < -0.3 is 10.1 Å². The van der Waals surface area contributed by atoms with Crippen molar-refractivity contribution < 1.29 is 4.74 Å². The van der Waals surface area contributed by atoms with Crippen LogP contribution < -0.4 is 5.32 Å². The average molecular weight is 242 g/mol. The summed E-state index contributed by atoms with van der Waals surface area (Å²) in [7, 11) is 1.72. The van der Waals surface area contributed by atoms with Crippen molar-refractivity contribution in [1.29, 1.82) is 0 Å². The van der Waals surface area contributed by atoms with Gasteiger partial charge in [-0.05, 0) is 18.8 Å². The van der Waals surface area contributed by atoms with Gasteiger partial charge in [-0.2, -0.15) is 0 Å². The highest BCUT2D eigenvalue weighted by molar-refractivity contribution is 8.14. The zero-order valence-corrected chi connectivity index (χ0v) is 11.1. The first-order chi connectivity index (χ1) is 7.74. The molecule has 1 saturated heterocycles. The molecular formula is C12H22N2OS. The number of aliphatic imine (C=N–C) groups is 1. The van der Waals surface area contributed by atoms with Crippen LogP contribution in [0.25, 0.3) is 0 Å². The van der Waals surface area contributed by atoms with E-state index >= 15 is 0 Å². The lowest BCUT2D eigenvalue weighted by Crippen LogP contribution is -2.47. The van der Waals surface area contributed by atoms with Gasteiger partial charge in [-0.15, -0.1) is 0 Å². The lowest BCUT2D eigenvalue weighted by Gasteiger charge is -2.36. The highest BCUT2D eigenvalue weighted by Crippen LogP contribution is 2.38. The molecule has 4 heteroatoms. The standard InChI is InChI=1S/C12H22N2OS/c1-10-4-3-5-12(8-10)9-16-11(14-12)13-6-7-15-2/h10H,3-9H2,1-2H3,(H,13,14). The van der Waals surface area contributed by atoms with Gasteiger partial charge in [0, 0.05) is 18.4 Å². The van der Waals surface area contributed by atoms with Crippen molar-refractivity contribution in [1.82, 2.24) is 5.32 Å². The van der Waals surface area contributed by atoms with Crippen LogP contribution in [0.2, 0.25) is 0 Å². The zero-order chi connectivity index (χ0) is 11.4. The molecule has 2 rings (SSSR count). The quantitative estimate of drug-likeness (QED) is 0.771. The van der Waals surface area contributed by atoms with E-state index < -0.39 is 0 Å². The fourth-order valence-corrected chi connectivity index (χ4v) is 3.95. The number of nitrogens with one attached hydrogen (secondary N) is 1. The molecule has 1 spiro atoms. The normalized spacial score (nSPS) is 36.9. The molecule has 1 aliphatic carbocycles. The van der Waals surface area contributed by atoms with Gasteiger partial charge in [0.1, 0.15) is 0 Å². The Morgan fingerprint density at radius 3 is 3.25 bits per heavy atom. The SMILES string of the molecule is COCCN=C1NC2(CCCC(C)C2)CS1. The van der Waals surface area contributed by atoms with Gasteiger partial charge in [-0.3, -0.25) is 4.99 Å². The number of amidine groups is 1. The Labute approximate surface area is 102 Å². The number of rotatable bonds is 3. The van der Waals surface area contributed by atoms with Gasteiger partial charge in [0.25, 0.3) is 0 Å². The van der Waals surface area contributed by atoms with Crippen LogP contribution in [0.1, 0.15) is 32.6 Å². The molecular weight excluding hydrogens is 220 g/mol. The summed E-state index contributed by atoms with van der Waals surface area (Å²) in [6, 6.07) is 0. The van der Waals surface area contributed by atoms with Crippen LogP contribution in [0.4, 0.5) is 0 Å². The largest absolute Gasteiger partial charge is 0.383 e. The van der Waals surface area contributed by atoms with E-state index in [1.807, 2.05) is 11.8 Å². The topological polar surface area (TPSA) is 33.6 Å². The third kappa shape index (κ3) is 2.92. The number of hydrogen-bond donors (Lipinski definition) is 1. The van der Waals surface area contributed by atoms with Crippen LogP contribution in [0, 0.1) is 5.92 Å². The Hall–Kier alpha value is -0.220.